The first-order chi connectivity index (χ1) is 17.9. The molecule has 0 saturated heterocycles. The van der Waals surface area contributed by atoms with Gasteiger partial charge in [-0.3, -0.25) is 14.0 Å². The van der Waals surface area contributed by atoms with E-state index in [-0.39, 0.29) is 23.6 Å². The number of rotatable bonds is 9. The minimum Gasteiger partial charge on any atom is -0.479 e. The predicted octanol–water partition coefficient (Wildman–Crippen LogP) is 2.08. The van der Waals surface area contributed by atoms with E-state index in [9.17, 15) is 8.60 Å². The Morgan fingerprint density at radius 2 is 1.76 bits per heavy atom. The molecule has 1 aliphatic rings. The number of halogens is 1. The molecule has 4 aromatic heterocycles. The third-order valence-electron chi connectivity index (χ3n) is 6.28. The summed E-state index contributed by atoms with van der Waals surface area (Å²) in [4.78, 5) is 16.5. The molecule has 0 spiro atoms. The lowest BCUT2D eigenvalue weighted by atomic mass is 10.1. The highest BCUT2D eigenvalue weighted by Gasteiger charge is 2.30. The Hall–Kier alpha value is -4.01. The first-order valence-electron chi connectivity index (χ1n) is 11.5. The molecule has 3 unspecified atom stereocenters. The van der Waals surface area contributed by atoms with Crippen LogP contribution in [0.4, 0.5) is 10.3 Å². The summed E-state index contributed by atoms with van der Waals surface area (Å²) in [5.74, 6) is 0.518. The SMILES string of the molecule is COc1ncnc(OC)c1-n1c(NS(=O)C(C)C(C)c2ncc(F)cn2)nnc1-c1cnn2c1CCC2. The number of methoxy groups -OCH3 is 2. The first kappa shape index (κ1) is 24.7. The summed E-state index contributed by atoms with van der Waals surface area (Å²) in [7, 11) is 1.28. The third-order valence-corrected chi connectivity index (χ3v) is 7.75. The molecule has 4 aromatic rings. The summed E-state index contributed by atoms with van der Waals surface area (Å²) >= 11 is 0. The van der Waals surface area contributed by atoms with E-state index in [1.165, 1.54) is 20.5 Å². The van der Waals surface area contributed by atoms with E-state index in [0.29, 0.717) is 17.3 Å². The van der Waals surface area contributed by atoms with Gasteiger partial charge in [-0.25, -0.2) is 18.6 Å². The van der Waals surface area contributed by atoms with Crippen LogP contribution in [0.3, 0.4) is 0 Å². The Balaban J connectivity index is 1.57. The quantitative estimate of drug-likeness (QED) is 0.342. The first-order valence-corrected chi connectivity index (χ1v) is 12.7. The number of aryl methyl sites for hydroxylation is 1. The van der Waals surface area contributed by atoms with Crippen LogP contribution in [0, 0.1) is 5.82 Å². The van der Waals surface area contributed by atoms with Gasteiger partial charge in [-0.15, -0.1) is 10.2 Å². The fourth-order valence-corrected chi connectivity index (χ4v) is 5.15. The van der Waals surface area contributed by atoms with Gasteiger partial charge in [-0.2, -0.15) is 15.1 Å². The number of nitrogens with one attached hydrogen (secondary N) is 1. The van der Waals surface area contributed by atoms with Gasteiger partial charge in [-0.05, 0) is 19.8 Å². The van der Waals surface area contributed by atoms with Crippen molar-refractivity contribution in [3.05, 3.63) is 42.3 Å². The summed E-state index contributed by atoms with van der Waals surface area (Å²) < 4.78 is 44.3. The molecule has 0 amide bonds. The zero-order valence-corrected chi connectivity index (χ0v) is 21.4. The van der Waals surface area contributed by atoms with Crippen LogP contribution in [-0.2, 0) is 24.0 Å². The lowest BCUT2D eigenvalue weighted by Crippen LogP contribution is -2.26. The van der Waals surface area contributed by atoms with Crippen LogP contribution in [-0.4, -0.2) is 68.2 Å². The average Bonchev–Trinajstić information content (AvgIpc) is 3.64. The van der Waals surface area contributed by atoms with E-state index in [1.807, 2.05) is 11.6 Å². The standard InChI is InChI=1S/C22H25FN10O3S/c1-12(18-24-8-14(23)9-25-18)13(2)37(34)31-22-30-29-19(15-10-28-32-7-5-6-16(15)32)33(22)17-20(35-3)26-11-27-21(17)36-4/h8-13H,5-7H2,1-4H3,(H,30,31). The van der Waals surface area contributed by atoms with Crippen LogP contribution in [0.15, 0.2) is 24.9 Å². The summed E-state index contributed by atoms with van der Waals surface area (Å²) in [6.07, 6.45) is 7.03. The molecule has 5 rings (SSSR count). The lowest BCUT2D eigenvalue weighted by molar-refractivity contribution is 0.368. The molecular weight excluding hydrogens is 503 g/mol. The predicted molar refractivity (Wildman–Crippen MR) is 131 cm³/mol. The maximum absolute atomic E-state index is 13.4. The Morgan fingerprint density at radius 1 is 1.05 bits per heavy atom. The fourth-order valence-electron chi connectivity index (χ4n) is 4.16. The number of nitrogens with zero attached hydrogens (tertiary/aromatic N) is 9. The van der Waals surface area contributed by atoms with Crippen molar-refractivity contribution in [2.45, 2.75) is 44.4 Å². The Bertz CT molecular complexity index is 1420. The van der Waals surface area contributed by atoms with E-state index >= 15 is 0 Å². The normalized spacial score (nSPS) is 15.2. The highest BCUT2D eigenvalue weighted by atomic mass is 32.2. The second-order valence-corrected chi connectivity index (χ2v) is 9.95. The number of hydrogen-bond acceptors (Lipinski definition) is 10. The van der Waals surface area contributed by atoms with Crippen LogP contribution < -0.4 is 14.2 Å². The van der Waals surface area contributed by atoms with Crippen molar-refractivity contribution >= 4 is 16.9 Å². The van der Waals surface area contributed by atoms with Crippen LogP contribution >= 0.6 is 0 Å². The van der Waals surface area contributed by atoms with E-state index < -0.39 is 22.1 Å². The van der Waals surface area contributed by atoms with Crippen molar-refractivity contribution in [3.8, 4) is 28.8 Å². The number of fused-ring (bicyclic) bond motifs is 1. The van der Waals surface area contributed by atoms with Gasteiger partial charge in [0.05, 0.1) is 43.6 Å². The molecule has 13 nitrogen and oxygen atoms in total. The summed E-state index contributed by atoms with van der Waals surface area (Å²) in [5, 5.41) is 12.7. The number of hydrogen-bond donors (Lipinski definition) is 1. The van der Waals surface area contributed by atoms with Gasteiger partial charge in [0.25, 0.3) is 0 Å². The monoisotopic (exact) mass is 528 g/mol. The second-order valence-electron chi connectivity index (χ2n) is 8.41. The molecule has 37 heavy (non-hydrogen) atoms. The topological polar surface area (TPSA) is 148 Å². The minimum absolute atomic E-state index is 0.164. The summed E-state index contributed by atoms with van der Waals surface area (Å²) in [6, 6.07) is 0. The average molecular weight is 529 g/mol. The van der Waals surface area contributed by atoms with E-state index in [2.05, 4.69) is 40.0 Å². The van der Waals surface area contributed by atoms with Crippen molar-refractivity contribution in [1.82, 2.24) is 44.5 Å². The van der Waals surface area contributed by atoms with Crippen LogP contribution in [0.25, 0.3) is 17.1 Å². The number of ether oxygens (including phenoxy) is 2. The summed E-state index contributed by atoms with van der Waals surface area (Å²) in [5.41, 5.74) is 2.14. The third kappa shape index (κ3) is 4.50. The molecule has 3 atom stereocenters. The largest absolute Gasteiger partial charge is 0.479 e. The molecule has 1 aliphatic heterocycles. The zero-order chi connectivity index (χ0) is 26.1. The molecule has 194 valence electrons. The highest BCUT2D eigenvalue weighted by Crippen LogP contribution is 2.37. The minimum atomic E-state index is -1.68. The molecule has 0 aliphatic carbocycles. The molecule has 0 fully saturated rings. The van der Waals surface area contributed by atoms with Gasteiger partial charge >= 0.3 is 0 Å². The second kappa shape index (κ2) is 10.2. The lowest BCUT2D eigenvalue weighted by Gasteiger charge is -2.20. The number of aromatic nitrogens is 9. The fraction of sp³-hybridized carbons (Fsp3) is 0.409. The van der Waals surface area contributed by atoms with Gasteiger partial charge in [0.1, 0.15) is 23.1 Å². The van der Waals surface area contributed by atoms with Crippen molar-refractivity contribution < 1.29 is 18.1 Å². The van der Waals surface area contributed by atoms with Crippen LogP contribution in [0.1, 0.15) is 37.7 Å². The highest BCUT2D eigenvalue weighted by molar-refractivity contribution is 7.87. The molecule has 0 aromatic carbocycles. The van der Waals surface area contributed by atoms with Crippen molar-refractivity contribution in [1.29, 1.82) is 0 Å². The van der Waals surface area contributed by atoms with Crippen molar-refractivity contribution in [2.75, 3.05) is 18.9 Å². The maximum atomic E-state index is 13.4. The number of anilines is 1. The van der Waals surface area contributed by atoms with Crippen LogP contribution in [0.2, 0.25) is 0 Å². The smallest absolute Gasteiger partial charge is 0.245 e. The van der Waals surface area contributed by atoms with Gasteiger partial charge in [0.2, 0.25) is 17.7 Å². The van der Waals surface area contributed by atoms with E-state index in [4.69, 9.17) is 9.47 Å². The van der Waals surface area contributed by atoms with Gasteiger partial charge < -0.3 is 9.47 Å². The molecule has 5 heterocycles. The zero-order valence-electron chi connectivity index (χ0n) is 20.6. The van der Waals surface area contributed by atoms with Crippen LogP contribution in [0.5, 0.6) is 11.8 Å². The maximum Gasteiger partial charge on any atom is 0.245 e. The summed E-state index contributed by atoms with van der Waals surface area (Å²) in [6.45, 7) is 4.42. The molecule has 0 radical (unpaired) electrons. The molecule has 0 saturated carbocycles. The van der Waals surface area contributed by atoms with Gasteiger partial charge in [0, 0.05) is 18.2 Å². The van der Waals surface area contributed by atoms with Crippen molar-refractivity contribution in [3.63, 3.8) is 0 Å². The Morgan fingerprint density at radius 3 is 2.43 bits per heavy atom. The Labute approximate surface area is 214 Å². The van der Waals surface area contributed by atoms with Crippen molar-refractivity contribution in [2.24, 2.45) is 0 Å². The molecular formula is C22H25FN10O3S. The molecule has 1 N–H and O–H groups in total. The van der Waals surface area contributed by atoms with E-state index in [1.54, 1.807) is 17.7 Å². The molecule has 0 bridgehead atoms. The van der Waals surface area contributed by atoms with Gasteiger partial charge in [0.15, 0.2) is 17.3 Å². The van der Waals surface area contributed by atoms with E-state index in [0.717, 1.165) is 43.0 Å². The molecule has 15 heteroatoms. The Kier molecular flexibility index (Phi) is 6.78. The van der Waals surface area contributed by atoms with Gasteiger partial charge in [-0.1, -0.05) is 6.92 Å².